The minimum atomic E-state index is -1.54. The molecule has 4 rings (SSSR count). The number of nitrogens with one attached hydrogen (secondary N) is 2. The van der Waals surface area contributed by atoms with E-state index in [0.717, 1.165) is 34.1 Å². The molecule has 2 aromatic rings. The maximum atomic E-state index is 13.7. The highest BCUT2D eigenvalue weighted by Gasteiger charge is 2.44. The molecule has 2 aliphatic heterocycles. The molecule has 10 nitrogen and oxygen atoms in total. The van der Waals surface area contributed by atoms with Crippen LogP contribution in [0.3, 0.4) is 0 Å². The fourth-order valence-electron chi connectivity index (χ4n) is 5.71. The summed E-state index contributed by atoms with van der Waals surface area (Å²) in [6, 6.07) is 3.26. The average Bonchev–Trinajstić information content (AvgIpc) is 3.34. The molecule has 1 aromatic carbocycles. The zero-order chi connectivity index (χ0) is 28.6. The van der Waals surface area contributed by atoms with Crippen molar-refractivity contribution in [1.29, 1.82) is 0 Å². The number of anilines is 1. The van der Waals surface area contributed by atoms with Gasteiger partial charge in [-0.05, 0) is 29.5 Å². The number of allylic oxidation sites excluding steroid dienone is 1. The molecule has 0 saturated carbocycles. The SMILES string of the molecule is C=CC(C)(C)c1ccc2c3c(c[nH]c13)CC(COC1OC(CO)C(O)C(O)C1O)NC(=O)C(C(C)CC)N2C. The van der Waals surface area contributed by atoms with E-state index in [4.69, 9.17) is 9.47 Å². The van der Waals surface area contributed by atoms with E-state index in [1.165, 1.54) is 0 Å². The summed E-state index contributed by atoms with van der Waals surface area (Å²) in [5.74, 6) is -0.0751. The first-order chi connectivity index (χ1) is 18.4. The maximum absolute atomic E-state index is 13.7. The molecule has 39 heavy (non-hydrogen) atoms. The molecule has 3 heterocycles. The molecule has 8 unspecified atom stereocenters. The molecule has 0 radical (unpaired) electrons. The van der Waals surface area contributed by atoms with E-state index in [9.17, 15) is 25.2 Å². The van der Waals surface area contributed by atoms with Crippen LogP contribution in [0.5, 0.6) is 0 Å². The van der Waals surface area contributed by atoms with Crippen molar-refractivity contribution in [1.82, 2.24) is 10.3 Å². The minimum Gasteiger partial charge on any atom is -0.394 e. The summed E-state index contributed by atoms with van der Waals surface area (Å²) < 4.78 is 11.4. The molecular weight excluding hydrogens is 502 g/mol. The lowest BCUT2D eigenvalue weighted by atomic mass is 9.83. The van der Waals surface area contributed by atoms with Gasteiger partial charge in [-0.1, -0.05) is 46.3 Å². The number of aromatic amines is 1. The number of carbonyl (C=O) groups excluding carboxylic acids is 1. The van der Waals surface area contributed by atoms with Crippen LogP contribution in [0.2, 0.25) is 0 Å². The van der Waals surface area contributed by atoms with Crippen LogP contribution in [-0.2, 0) is 26.1 Å². The van der Waals surface area contributed by atoms with Crippen LogP contribution < -0.4 is 10.2 Å². The van der Waals surface area contributed by atoms with Gasteiger partial charge in [0.05, 0.1) is 24.8 Å². The molecule has 1 aromatic heterocycles. The van der Waals surface area contributed by atoms with E-state index in [0.29, 0.717) is 6.42 Å². The van der Waals surface area contributed by atoms with E-state index in [-0.39, 0.29) is 23.8 Å². The summed E-state index contributed by atoms with van der Waals surface area (Å²) in [4.78, 5) is 19.2. The number of amides is 1. The summed E-state index contributed by atoms with van der Waals surface area (Å²) in [5.41, 5.74) is 3.77. The van der Waals surface area contributed by atoms with Crippen LogP contribution in [0.4, 0.5) is 5.69 Å². The van der Waals surface area contributed by atoms with Gasteiger partial charge in [-0.2, -0.15) is 0 Å². The van der Waals surface area contributed by atoms with E-state index in [2.05, 4.69) is 61.6 Å². The second-order valence-corrected chi connectivity index (χ2v) is 11.5. The topological polar surface area (TPSA) is 148 Å². The zero-order valence-electron chi connectivity index (χ0n) is 23.4. The number of rotatable bonds is 8. The number of H-pyrrole nitrogens is 1. The first-order valence-electron chi connectivity index (χ1n) is 13.7. The molecule has 0 bridgehead atoms. The zero-order valence-corrected chi connectivity index (χ0v) is 23.4. The van der Waals surface area contributed by atoms with Crippen LogP contribution in [0, 0.1) is 5.92 Å². The molecule has 1 amide bonds. The molecule has 8 atom stereocenters. The normalized spacial score (nSPS) is 30.8. The van der Waals surface area contributed by atoms with Gasteiger partial charge in [0.25, 0.3) is 0 Å². The molecule has 10 heteroatoms. The smallest absolute Gasteiger partial charge is 0.243 e. The molecule has 216 valence electrons. The second kappa shape index (κ2) is 11.6. The van der Waals surface area contributed by atoms with Crippen molar-refractivity contribution in [3.05, 3.63) is 42.1 Å². The predicted octanol–water partition coefficient (Wildman–Crippen LogP) is 1.34. The fraction of sp³-hybridized carbons (Fsp3) is 0.621. The molecule has 1 saturated heterocycles. The number of carbonyl (C=O) groups is 1. The molecule has 6 N–H and O–H groups in total. The van der Waals surface area contributed by atoms with Gasteiger partial charge >= 0.3 is 0 Å². The van der Waals surface area contributed by atoms with Crippen LogP contribution in [0.25, 0.3) is 10.9 Å². The van der Waals surface area contributed by atoms with E-state index in [1.807, 2.05) is 19.3 Å². The molecular formula is C29H43N3O7. The Labute approximate surface area is 229 Å². The third-order valence-electron chi connectivity index (χ3n) is 8.47. The Morgan fingerprint density at radius 3 is 2.62 bits per heavy atom. The van der Waals surface area contributed by atoms with Gasteiger partial charge in [-0.15, -0.1) is 6.58 Å². The summed E-state index contributed by atoms with van der Waals surface area (Å²) in [5, 5.41) is 44.4. The Kier molecular flexibility index (Phi) is 8.75. The molecule has 0 spiro atoms. The van der Waals surface area contributed by atoms with E-state index < -0.39 is 49.4 Å². The number of hydrogen-bond donors (Lipinski definition) is 6. The first-order valence-corrected chi connectivity index (χ1v) is 13.7. The van der Waals surface area contributed by atoms with Gasteiger partial charge in [0, 0.05) is 29.7 Å². The lowest BCUT2D eigenvalue weighted by molar-refractivity contribution is -0.302. The monoisotopic (exact) mass is 545 g/mol. The molecule has 1 fully saturated rings. The number of hydrogen-bond acceptors (Lipinski definition) is 8. The Morgan fingerprint density at radius 2 is 1.97 bits per heavy atom. The predicted molar refractivity (Wildman–Crippen MR) is 149 cm³/mol. The number of likely N-dealkylation sites (N-methyl/N-ethyl adjacent to an activating group) is 1. The van der Waals surface area contributed by atoms with Gasteiger partial charge in [0.1, 0.15) is 30.5 Å². The lowest BCUT2D eigenvalue weighted by Gasteiger charge is -2.40. The summed E-state index contributed by atoms with van der Waals surface area (Å²) in [7, 11) is 1.95. The van der Waals surface area contributed by atoms with Crippen molar-refractivity contribution in [2.24, 2.45) is 5.92 Å². The van der Waals surface area contributed by atoms with Crippen LogP contribution in [-0.4, -0.2) is 94.4 Å². The van der Waals surface area contributed by atoms with Crippen LogP contribution >= 0.6 is 0 Å². The van der Waals surface area contributed by atoms with Crippen LogP contribution in [0.15, 0.2) is 31.0 Å². The van der Waals surface area contributed by atoms with Gasteiger partial charge in [-0.25, -0.2) is 0 Å². The standard InChI is InChI=1S/C29H43N3O7/c1-7-15(3)23-27(37)31-17(14-38-28-26(36)25(35)24(34)20(13-33)39-28)11-16-12-30-22-18(29(4,5)8-2)9-10-19(21(16)22)32(23)6/h8-10,12,15,17,20,23-26,28,30,33-36H,2,7,11,13-14H2,1,3-6H3,(H,31,37). The maximum Gasteiger partial charge on any atom is 0.243 e. The van der Waals surface area contributed by atoms with Crippen LogP contribution in [0.1, 0.15) is 45.2 Å². The Balaban J connectivity index is 1.72. The third-order valence-corrected chi connectivity index (χ3v) is 8.47. The largest absolute Gasteiger partial charge is 0.394 e. The second-order valence-electron chi connectivity index (χ2n) is 11.5. The number of nitrogens with zero attached hydrogens (tertiary/aromatic N) is 1. The number of benzene rings is 1. The Bertz CT molecular complexity index is 1180. The van der Waals surface area contributed by atoms with Crippen molar-refractivity contribution in [2.45, 2.75) is 88.7 Å². The number of aliphatic hydroxyl groups is 4. The first kappa shape index (κ1) is 29.5. The molecule has 0 aliphatic carbocycles. The highest BCUT2D eigenvalue weighted by atomic mass is 16.7. The Morgan fingerprint density at radius 1 is 1.26 bits per heavy atom. The highest BCUT2D eigenvalue weighted by Crippen LogP contribution is 2.39. The van der Waals surface area contributed by atoms with Gasteiger partial charge in [0.2, 0.25) is 5.91 Å². The van der Waals surface area contributed by atoms with Crippen molar-refractivity contribution in [3.63, 3.8) is 0 Å². The van der Waals surface area contributed by atoms with Gasteiger partial charge in [-0.3, -0.25) is 4.79 Å². The Hall–Kier alpha value is -2.47. The number of ether oxygens (including phenoxy) is 2. The fourth-order valence-corrected chi connectivity index (χ4v) is 5.71. The van der Waals surface area contributed by atoms with E-state index in [1.54, 1.807) is 0 Å². The average molecular weight is 546 g/mol. The summed E-state index contributed by atoms with van der Waals surface area (Å²) in [6.45, 7) is 11.8. The van der Waals surface area contributed by atoms with Gasteiger partial charge < -0.3 is 45.1 Å². The minimum absolute atomic E-state index is 0.0226. The van der Waals surface area contributed by atoms with Crippen molar-refractivity contribution in [3.8, 4) is 0 Å². The van der Waals surface area contributed by atoms with Crippen molar-refractivity contribution in [2.75, 3.05) is 25.2 Å². The third kappa shape index (κ3) is 5.46. The summed E-state index contributed by atoms with van der Waals surface area (Å²) >= 11 is 0. The van der Waals surface area contributed by atoms with Crippen molar-refractivity contribution < 1.29 is 34.7 Å². The lowest BCUT2D eigenvalue weighted by Crippen LogP contribution is -2.60. The summed E-state index contributed by atoms with van der Waals surface area (Å²) in [6.07, 6.45) is -1.75. The highest BCUT2D eigenvalue weighted by molar-refractivity contribution is 6.00. The van der Waals surface area contributed by atoms with E-state index >= 15 is 0 Å². The number of aromatic nitrogens is 1. The van der Waals surface area contributed by atoms with Gasteiger partial charge in [0.15, 0.2) is 6.29 Å². The molecule has 2 aliphatic rings. The van der Waals surface area contributed by atoms with Crippen molar-refractivity contribution >= 4 is 22.5 Å². The number of aliphatic hydroxyl groups excluding tert-OH is 4. The quantitative estimate of drug-likeness (QED) is 0.273.